The van der Waals surface area contributed by atoms with E-state index in [2.05, 4.69) is 29.6 Å². The summed E-state index contributed by atoms with van der Waals surface area (Å²) in [4.78, 5) is 13.9. The third-order valence-electron chi connectivity index (χ3n) is 1.73. The first kappa shape index (κ1) is 11.4. The molecule has 1 rings (SSSR count). The highest BCUT2D eigenvalue weighted by Crippen LogP contribution is 1.93. The maximum atomic E-state index is 9.22. The zero-order valence-corrected chi connectivity index (χ0v) is 8.21. The summed E-state index contributed by atoms with van der Waals surface area (Å²) < 4.78 is 0. The Morgan fingerprint density at radius 1 is 1.08 bits per heavy atom. The van der Waals surface area contributed by atoms with Gasteiger partial charge in [-0.15, -0.1) is 0 Å². The first-order valence-corrected chi connectivity index (χ1v) is 4.15. The lowest BCUT2D eigenvalue weighted by molar-refractivity contribution is -0.115. The van der Waals surface area contributed by atoms with E-state index in [4.69, 9.17) is 0 Å². The molecule has 0 radical (unpaired) electrons. The van der Waals surface area contributed by atoms with Gasteiger partial charge in [-0.3, -0.25) is 4.79 Å². The highest BCUT2D eigenvalue weighted by atomic mass is 16.1. The van der Waals surface area contributed by atoms with Crippen LogP contribution in [0.1, 0.15) is 6.92 Å². The number of hydrogen-bond donors (Lipinski definition) is 1. The molecule has 1 heterocycles. The quantitative estimate of drug-likeness (QED) is 0.530. The molecule has 0 spiro atoms. The van der Waals surface area contributed by atoms with Crippen LogP contribution in [0.15, 0.2) is 0 Å². The molecule has 1 saturated heterocycles. The highest BCUT2D eigenvalue weighted by Gasteiger charge is 2.07. The first-order valence-electron chi connectivity index (χ1n) is 4.15. The lowest BCUT2D eigenvalue weighted by atomic mass is 10.4. The number of amides is 1. The van der Waals surface area contributed by atoms with Gasteiger partial charge in [-0.1, -0.05) is 0 Å². The Bertz CT molecular complexity index is 116. The van der Waals surface area contributed by atoms with Gasteiger partial charge in [-0.25, -0.2) is 0 Å². The van der Waals surface area contributed by atoms with Crippen molar-refractivity contribution >= 4 is 5.91 Å². The monoisotopic (exact) mass is 173 g/mol. The highest BCUT2D eigenvalue weighted by molar-refractivity contribution is 5.70. The van der Waals surface area contributed by atoms with Gasteiger partial charge in [-0.2, -0.15) is 0 Å². The van der Waals surface area contributed by atoms with Crippen LogP contribution in [0.25, 0.3) is 0 Å². The van der Waals surface area contributed by atoms with Gasteiger partial charge in [0.2, 0.25) is 5.91 Å². The van der Waals surface area contributed by atoms with Crippen molar-refractivity contribution in [3.63, 3.8) is 0 Å². The summed E-state index contributed by atoms with van der Waals surface area (Å²) in [5, 5.41) is 0. The summed E-state index contributed by atoms with van der Waals surface area (Å²) in [5.74, 6) is -0.333. The SMILES string of the molecule is CC(N)=O.CN1CCN(C)CC1. The summed E-state index contributed by atoms with van der Waals surface area (Å²) in [7, 11) is 4.35. The van der Waals surface area contributed by atoms with Crippen molar-refractivity contribution in [3.05, 3.63) is 0 Å². The number of carbonyl (C=O) groups excluding carboxylic acids is 1. The molecule has 2 N–H and O–H groups in total. The largest absolute Gasteiger partial charge is 0.370 e. The maximum Gasteiger partial charge on any atom is 0.214 e. The van der Waals surface area contributed by atoms with Crippen molar-refractivity contribution in [2.24, 2.45) is 5.73 Å². The Balaban J connectivity index is 0.000000261. The molecule has 0 aromatic heterocycles. The number of hydrogen-bond acceptors (Lipinski definition) is 3. The molecule has 0 atom stereocenters. The molecule has 0 aliphatic carbocycles. The fourth-order valence-electron chi connectivity index (χ4n) is 0.906. The van der Waals surface area contributed by atoms with Crippen molar-refractivity contribution in [2.45, 2.75) is 6.92 Å². The van der Waals surface area contributed by atoms with Crippen LogP contribution in [0.2, 0.25) is 0 Å². The summed E-state index contributed by atoms with van der Waals surface area (Å²) in [6.45, 7) is 6.24. The van der Waals surface area contributed by atoms with Gasteiger partial charge in [0.15, 0.2) is 0 Å². The number of carbonyl (C=O) groups is 1. The van der Waals surface area contributed by atoms with E-state index in [-0.39, 0.29) is 5.91 Å². The van der Waals surface area contributed by atoms with E-state index >= 15 is 0 Å². The lowest BCUT2D eigenvalue weighted by Crippen LogP contribution is -2.42. The standard InChI is InChI=1S/C6H14N2.C2H5NO/c1-7-3-5-8(2)6-4-7;1-2(3)4/h3-6H2,1-2H3;1H3,(H2,3,4). The normalized spacial score (nSPS) is 19.6. The van der Waals surface area contributed by atoms with E-state index in [0.717, 1.165) is 0 Å². The average molecular weight is 173 g/mol. The second kappa shape index (κ2) is 5.97. The second-order valence-electron chi connectivity index (χ2n) is 3.22. The van der Waals surface area contributed by atoms with Crippen LogP contribution in [0.5, 0.6) is 0 Å². The Labute approximate surface area is 74.3 Å². The maximum absolute atomic E-state index is 9.22. The summed E-state index contributed by atoms with van der Waals surface area (Å²) >= 11 is 0. The van der Waals surface area contributed by atoms with E-state index in [1.807, 2.05) is 0 Å². The van der Waals surface area contributed by atoms with Gasteiger partial charge in [-0.05, 0) is 14.1 Å². The van der Waals surface area contributed by atoms with Crippen LogP contribution < -0.4 is 5.73 Å². The van der Waals surface area contributed by atoms with Crippen LogP contribution in [0.3, 0.4) is 0 Å². The van der Waals surface area contributed by atoms with Gasteiger partial charge >= 0.3 is 0 Å². The number of nitrogens with two attached hydrogens (primary N) is 1. The molecule has 0 aromatic rings. The zero-order chi connectivity index (χ0) is 9.56. The third-order valence-corrected chi connectivity index (χ3v) is 1.73. The van der Waals surface area contributed by atoms with Gasteiger partial charge in [0.05, 0.1) is 0 Å². The molecule has 0 saturated carbocycles. The molecule has 1 aliphatic heterocycles. The fraction of sp³-hybridized carbons (Fsp3) is 0.875. The van der Waals surface area contributed by atoms with Crippen LogP contribution in [0, 0.1) is 0 Å². The molecule has 1 fully saturated rings. The van der Waals surface area contributed by atoms with Crippen LogP contribution in [-0.2, 0) is 4.79 Å². The number of rotatable bonds is 0. The van der Waals surface area contributed by atoms with Crippen LogP contribution in [0.4, 0.5) is 0 Å². The van der Waals surface area contributed by atoms with Crippen LogP contribution in [-0.4, -0.2) is 56.0 Å². The number of primary amides is 1. The Morgan fingerprint density at radius 3 is 1.42 bits per heavy atom. The van der Waals surface area contributed by atoms with Gasteiger partial charge in [0, 0.05) is 33.1 Å². The molecule has 72 valence electrons. The Morgan fingerprint density at radius 2 is 1.25 bits per heavy atom. The molecule has 4 nitrogen and oxygen atoms in total. The number of piperazine rings is 1. The molecular weight excluding hydrogens is 154 g/mol. The van der Waals surface area contributed by atoms with E-state index < -0.39 is 0 Å². The van der Waals surface area contributed by atoms with Crippen molar-refractivity contribution < 1.29 is 4.79 Å². The van der Waals surface area contributed by atoms with Gasteiger partial charge < -0.3 is 15.5 Å². The summed E-state index contributed by atoms with van der Waals surface area (Å²) in [6.07, 6.45) is 0. The predicted molar refractivity (Wildman–Crippen MR) is 49.9 cm³/mol. The minimum absolute atomic E-state index is 0.333. The molecule has 1 amide bonds. The van der Waals surface area contributed by atoms with Gasteiger partial charge in [0.1, 0.15) is 0 Å². The number of likely N-dealkylation sites (N-methyl/N-ethyl adjacent to an activating group) is 2. The third kappa shape index (κ3) is 7.50. The Hall–Kier alpha value is -0.610. The summed E-state index contributed by atoms with van der Waals surface area (Å²) in [6, 6.07) is 0. The molecule has 12 heavy (non-hydrogen) atoms. The molecule has 1 aliphatic rings. The van der Waals surface area contributed by atoms with E-state index in [1.54, 1.807) is 0 Å². The smallest absolute Gasteiger partial charge is 0.214 e. The van der Waals surface area contributed by atoms with Crippen molar-refractivity contribution in [3.8, 4) is 0 Å². The molecule has 0 aromatic carbocycles. The number of nitrogens with zero attached hydrogens (tertiary/aromatic N) is 2. The van der Waals surface area contributed by atoms with Gasteiger partial charge in [0.25, 0.3) is 0 Å². The first-order chi connectivity index (χ1) is 5.52. The Kier molecular flexibility index (Phi) is 5.66. The van der Waals surface area contributed by atoms with Crippen molar-refractivity contribution in [1.29, 1.82) is 0 Å². The minimum Gasteiger partial charge on any atom is -0.370 e. The second-order valence-corrected chi connectivity index (χ2v) is 3.22. The van der Waals surface area contributed by atoms with Crippen molar-refractivity contribution in [1.82, 2.24) is 9.80 Å². The zero-order valence-electron chi connectivity index (χ0n) is 8.21. The molecular formula is C8H19N3O. The van der Waals surface area contributed by atoms with E-state index in [0.29, 0.717) is 0 Å². The van der Waals surface area contributed by atoms with E-state index in [1.165, 1.54) is 33.1 Å². The average Bonchev–Trinajstić information content (AvgIpc) is 1.94. The topological polar surface area (TPSA) is 49.6 Å². The molecule has 4 heteroatoms. The van der Waals surface area contributed by atoms with E-state index in [9.17, 15) is 4.79 Å². The lowest BCUT2D eigenvalue weighted by Gasteiger charge is -2.28. The van der Waals surface area contributed by atoms with Crippen molar-refractivity contribution in [2.75, 3.05) is 40.3 Å². The molecule has 0 unspecified atom stereocenters. The fourth-order valence-corrected chi connectivity index (χ4v) is 0.906. The summed E-state index contributed by atoms with van der Waals surface area (Å²) in [5.41, 5.74) is 4.47. The molecule has 0 bridgehead atoms. The van der Waals surface area contributed by atoms with Crippen LogP contribution >= 0.6 is 0 Å². The predicted octanol–water partition coefficient (Wildman–Crippen LogP) is -0.645. The minimum atomic E-state index is -0.333.